The van der Waals surface area contributed by atoms with E-state index in [0.717, 1.165) is 43.9 Å². The Labute approximate surface area is 127 Å². The van der Waals surface area contributed by atoms with Crippen LogP contribution in [0, 0.1) is 35.0 Å². The van der Waals surface area contributed by atoms with Gasteiger partial charge in [-0.05, 0) is 67.8 Å². The molecule has 0 aromatic rings. The molecule has 0 heterocycles. The number of rotatable bonds is 0. The zero-order chi connectivity index (χ0) is 14.8. The van der Waals surface area contributed by atoms with Crippen molar-refractivity contribution in [2.45, 2.75) is 58.8 Å². The van der Waals surface area contributed by atoms with Crippen molar-refractivity contribution >= 4 is 11.6 Å². The van der Waals surface area contributed by atoms with Gasteiger partial charge in [0, 0.05) is 18.3 Å². The van der Waals surface area contributed by atoms with E-state index in [0.29, 0.717) is 29.3 Å². The van der Waals surface area contributed by atoms with Gasteiger partial charge in [-0.3, -0.25) is 9.59 Å². The number of Topliss-reactive ketones (excluding diaryl/α,β-unsaturated/α-hetero) is 1. The zero-order valence-corrected chi connectivity index (χ0v) is 13.2. The average molecular weight is 286 g/mol. The Kier molecular flexibility index (Phi) is 2.96. The summed E-state index contributed by atoms with van der Waals surface area (Å²) in [6.45, 7) is 4.54. The van der Waals surface area contributed by atoms with Gasteiger partial charge in [0.1, 0.15) is 5.78 Å². The number of ketones is 2. The summed E-state index contributed by atoms with van der Waals surface area (Å²) in [6, 6.07) is 0. The van der Waals surface area contributed by atoms with Crippen LogP contribution in [0.15, 0.2) is 11.6 Å². The fourth-order valence-corrected chi connectivity index (χ4v) is 6.27. The molecule has 3 saturated carbocycles. The molecule has 21 heavy (non-hydrogen) atoms. The normalized spacial score (nSPS) is 49.2. The van der Waals surface area contributed by atoms with Gasteiger partial charge in [0.15, 0.2) is 5.78 Å². The minimum absolute atomic E-state index is 0.0212. The molecule has 0 saturated heterocycles. The summed E-state index contributed by atoms with van der Waals surface area (Å²) in [5, 5.41) is 0. The van der Waals surface area contributed by atoms with Crippen LogP contribution in [0.5, 0.6) is 0 Å². The molecule has 4 aliphatic carbocycles. The highest BCUT2D eigenvalue weighted by Gasteiger charge is 2.56. The Hall–Kier alpha value is -0.920. The second-order valence-electron chi connectivity index (χ2n) is 8.24. The predicted octanol–water partition coefficient (Wildman–Crippen LogP) is 3.94. The van der Waals surface area contributed by atoms with Crippen molar-refractivity contribution < 1.29 is 9.59 Å². The second-order valence-corrected chi connectivity index (χ2v) is 8.24. The van der Waals surface area contributed by atoms with Crippen molar-refractivity contribution in [2.24, 2.45) is 35.0 Å². The standard InChI is InChI=1S/C19H26O2/c1-11-9-16-14(13-4-3-12(20)10-15(11)13)7-8-19(2)17(16)5-6-18(19)21/h10-11,13-14,16-17H,3-9H2,1-2H3/t11-,13-,14-,16-,17+,19+/m1/s1. The van der Waals surface area contributed by atoms with E-state index in [1.165, 1.54) is 18.4 Å². The third kappa shape index (κ3) is 1.83. The highest BCUT2D eigenvalue weighted by atomic mass is 16.1. The first-order valence-electron chi connectivity index (χ1n) is 8.78. The van der Waals surface area contributed by atoms with E-state index in [9.17, 15) is 9.59 Å². The molecule has 4 rings (SSSR count). The Morgan fingerprint density at radius 1 is 1.10 bits per heavy atom. The molecular weight excluding hydrogens is 260 g/mol. The number of carbonyl (C=O) groups is 2. The van der Waals surface area contributed by atoms with Gasteiger partial charge >= 0.3 is 0 Å². The van der Waals surface area contributed by atoms with E-state index in [4.69, 9.17) is 0 Å². The van der Waals surface area contributed by atoms with Crippen LogP contribution in [-0.4, -0.2) is 11.6 Å². The molecule has 114 valence electrons. The molecule has 0 unspecified atom stereocenters. The molecule has 2 heteroatoms. The Bertz CT molecular complexity index is 532. The summed E-state index contributed by atoms with van der Waals surface area (Å²) in [5.41, 5.74) is 1.42. The highest BCUT2D eigenvalue weighted by molar-refractivity contribution is 5.91. The van der Waals surface area contributed by atoms with E-state index in [2.05, 4.69) is 13.8 Å². The first kappa shape index (κ1) is 13.7. The molecular formula is C19H26O2. The summed E-state index contributed by atoms with van der Waals surface area (Å²) in [5.74, 6) is 4.12. The summed E-state index contributed by atoms with van der Waals surface area (Å²) in [7, 11) is 0. The van der Waals surface area contributed by atoms with Gasteiger partial charge in [-0.1, -0.05) is 19.4 Å². The lowest BCUT2D eigenvalue weighted by atomic mass is 9.50. The Morgan fingerprint density at radius 2 is 1.90 bits per heavy atom. The van der Waals surface area contributed by atoms with E-state index in [1.807, 2.05) is 6.08 Å². The van der Waals surface area contributed by atoms with Gasteiger partial charge in [0.25, 0.3) is 0 Å². The number of hydrogen-bond donors (Lipinski definition) is 0. The molecule has 2 nitrogen and oxygen atoms in total. The maximum absolute atomic E-state index is 12.4. The number of fused-ring (bicyclic) bond motifs is 5. The molecule has 0 N–H and O–H groups in total. The van der Waals surface area contributed by atoms with Gasteiger partial charge < -0.3 is 0 Å². The fourth-order valence-electron chi connectivity index (χ4n) is 6.27. The quantitative estimate of drug-likeness (QED) is 0.676. The smallest absolute Gasteiger partial charge is 0.155 e. The molecule has 0 bridgehead atoms. The predicted molar refractivity (Wildman–Crippen MR) is 81.6 cm³/mol. The molecule has 0 aromatic heterocycles. The van der Waals surface area contributed by atoms with Gasteiger partial charge in [-0.15, -0.1) is 0 Å². The van der Waals surface area contributed by atoms with Crippen LogP contribution in [0.2, 0.25) is 0 Å². The topological polar surface area (TPSA) is 34.1 Å². The van der Waals surface area contributed by atoms with Gasteiger partial charge in [-0.2, -0.15) is 0 Å². The summed E-state index contributed by atoms with van der Waals surface area (Å²) < 4.78 is 0. The van der Waals surface area contributed by atoms with Gasteiger partial charge in [-0.25, -0.2) is 0 Å². The van der Waals surface area contributed by atoms with Crippen LogP contribution in [0.3, 0.4) is 0 Å². The molecule has 3 fully saturated rings. The second kappa shape index (κ2) is 4.54. The minimum Gasteiger partial charge on any atom is -0.299 e. The van der Waals surface area contributed by atoms with Crippen molar-refractivity contribution in [1.82, 2.24) is 0 Å². The zero-order valence-electron chi connectivity index (χ0n) is 13.2. The molecule has 0 aromatic carbocycles. The lowest BCUT2D eigenvalue weighted by Gasteiger charge is -2.53. The fraction of sp³-hybridized carbons (Fsp3) is 0.789. The van der Waals surface area contributed by atoms with E-state index in [-0.39, 0.29) is 5.41 Å². The first-order valence-corrected chi connectivity index (χ1v) is 8.78. The van der Waals surface area contributed by atoms with E-state index < -0.39 is 0 Å². The minimum atomic E-state index is -0.0212. The first-order chi connectivity index (χ1) is 10.0. The lowest BCUT2D eigenvalue weighted by Crippen LogP contribution is -2.48. The van der Waals surface area contributed by atoms with E-state index >= 15 is 0 Å². The van der Waals surface area contributed by atoms with Crippen molar-refractivity contribution in [1.29, 1.82) is 0 Å². The monoisotopic (exact) mass is 286 g/mol. The van der Waals surface area contributed by atoms with E-state index in [1.54, 1.807) is 0 Å². The third-order valence-electron chi connectivity index (χ3n) is 7.37. The molecule has 0 amide bonds. The van der Waals surface area contributed by atoms with Crippen LogP contribution in [0.1, 0.15) is 58.8 Å². The summed E-state index contributed by atoms with van der Waals surface area (Å²) >= 11 is 0. The van der Waals surface area contributed by atoms with Crippen LogP contribution >= 0.6 is 0 Å². The van der Waals surface area contributed by atoms with Crippen LogP contribution in [0.4, 0.5) is 0 Å². The largest absolute Gasteiger partial charge is 0.299 e. The van der Waals surface area contributed by atoms with Gasteiger partial charge in [0.05, 0.1) is 0 Å². The van der Waals surface area contributed by atoms with Crippen molar-refractivity contribution in [3.8, 4) is 0 Å². The van der Waals surface area contributed by atoms with Crippen LogP contribution in [-0.2, 0) is 9.59 Å². The SMILES string of the molecule is C[C@@H]1C[C@@H]2[C@H](CC[C@]3(C)C(=O)CC[C@@H]23)[C@H]2CCC(=O)C=C12. The maximum Gasteiger partial charge on any atom is 0.155 e. The highest BCUT2D eigenvalue weighted by Crippen LogP contribution is 2.61. The molecule has 0 aliphatic heterocycles. The van der Waals surface area contributed by atoms with Crippen molar-refractivity contribution in [3.05, 3.63) is 11.6 Å². The number of carbonyl (C=O) groups excluding carboxylic acids is 2. The molecule has 0 radical (unpaired) electrons. The van der Waals surface area contributed by atoms with Crippen LogP contribution < -0.4 is 0 Å². The number of allylic oxidation sites excluding steroid dienone is 1. The molecule has 0 spiro atoms. The molecule has 6 atom stereocenters. The third-order valence-corrected chi connectivity index (χ3v) is 7.37. The van der Waals surface area contributed by atoms with Crippen LogP contribution in [0.25, 0.3) is 0 Å². The Balaban J connectivity index is 1.68. The van der Waals surface area contributed by atoms with Crippen molar-refractivity contribution in [3.63, 3.8) is 0 Å². The maximum atomic E-state index is 12.4. The van der Waals surface area contributed by atoms with Crippen molar-refractivity contribution in [2.75, 3.05) is 0 Å². The lowest BCUT2D eigenvalue weighted by molar-refractivity contribution is -0.131. The average Bonchev–Trinajstić information content (AvgIpc) is 2.76. The molecule has 4 aliphatic rings. The summed E-state index contributed by atoms with van der Waals surface area (Å²) in [4.78, 5) is 24.1. The Morgan fingerprint density at radius 3 is 2.71 bits per heavy atom. The summed E-state index contributed by atoms with van der Waals surface area (Å²) in [6.07, 6.45) is 9.20. The van der Waals surface area contributed by atoms with Gasteiger partial charge in [0.2, 0.25) is 0 Å². The number of hydrogen-bond acceptors (Lipinski definition) is 2.